The number of likely N-dealkylation sites (N-methyl/N-ethyl adjacent to an activating group) is 1. The van der Waals surface area contributed by atoms with Gasteiger partial charge < -0.3 is 5.32 Å². The van der Waals surface area contributed by atoms with Crippen LogP contribution in [0.3, 0.4) is 0 Å². The van der Waals surface area contributed by atoms with Gasteiger partial charge >= 0.3 is 0 Å². The van der Waals surface area contributed by atoms with Crippen LogP contribution < -0.4 is 5.32 Å². The van der Waals surface area contributed by atoms with Crippen LogP contribution in [0.15, 0.2) is 0 Å². The van der Waals surface area contributed by atoms with Crippen LogP contribution in [0.1, 0.15) is 34.1 Å². The van der Waals surface area contributed by atoms with Crippen LogP contribution in [0.4, 0.5) is 0 Å². The third-order valence-electron chi connectivity index (χ3n) is 2.12. The lowest BCUT2D eigenvalue weighted by molar-refractivity contribution is -0.122. The van der Waals surface area contributed by atoms with Crippen molar-refractivity contribution in [3.63, 3.8) is 0 Å². The minimum atomic E-state index is -3.40. The van der Waals surface area contributed by atoms with E-state index in [0.717, 1.165) is 0 Å². The molecule has 0 aliphatic carbocycles. The fourth-order valence-electron chi connectivity index (χ4n) is 1.39. The van der Waals surface area contributed by atoms with Gasteiger partial charge in [0.2, 0.25) is 15.9 Å². The highest BCUT2D eigenvalue weighted by molar-refractivity contribution is 7.89. The topological polar surface area (TPSA) is 66.5 Å². The number of hydrogen-bond acceptors (Lipinski definition) is 3. The summed E-state index contributed by atoms with van der Waals surface area (Å²) in [6, 6.07) is 0. The zero-order chi connectivity index (χ0) is 14.4. The molecule has 0 saturated carbocycles. The van der Waals surface area contributed by atoms with Crippen LogP contribution in [0, 0.1) is 0 Å². The van der Waals surface area contributed by atoms with Crippen molar-refractivity contribution in [1.29, 1.82) is 0 Å². The Balaban J connectivity index is 4.56. The van der Waals surface area contributed by atoms with E-state index in [1.165, 1.54) is 4.31 Å². The first-order valence-electron chi connectivity index (χ1n) is 5.97. The molecule has 5 nitrogen and oxygen atoms in total. The minimum absolute atomic E-state index is 0.0207. The van der Waals surface area contributed by atoms with Gasteiger partial charge in [-0.2, -0.15) is 4.31 Å². The Bertz CT molecular complexity index is 363. The van der Waals surface area contributed by atoms with Gasteiger partial charge in [-0.15, -0.1) is 11.6 Å². The molecule has 1 N–H and O–H groups in total. The number of carbonyl (C=O) groups is 1. The van der Waals surface area contributed by atoms with Crippen LogP contribution >= 0.6 is 11.6 Å². The number of hydrogen-bond donors (Lipinski definition) is 1. The molecule has 0 aromatic heterocycles. The number of amides is 1. The molecule has 0 aliphatic rings. The summed E-state index contributed by atoms with van der Waals surface area (Å²) < 4.78 is 25.0. The van der Waals surface area contributed by atoms with E-state index < -0.39 is 10.0 Å². The maximum absolute atomic E-state index is 11.9. The predicted molar refractivity (Wildman–Crippen MR) is 74.3 cm³/mol. The average Bonchev–Trinajstić information content (AvgIpc) is 2.20. The molecule has 0 fully saturated rings. The quantitative estimate of drug-likeness (QED) is 0.718. The summed E-state index contributed by atoms with van der Waals surface area (Å²) in [7, 11) is -3.40. The molecule has 0 radical (unpaired) electrons. The largest absolute Gasteiger partial charge is 0.350 e. The van der Waals surface area contributed by atoms with E-state index in [1.807, 2.05) is 20.8 Å². The fourth-order valence-corrected chi connectivity index (χ4v) is 3.16. The standard InChI is InChI=1S/C11H23ClN2O3S/c1-5-14(18(16,17)8-6-7-12)9-10(15)13-11(2,3)4/h5-9H2,1-4H3,(H,13,15). The Kier molecular flexibility index (Phi) is 7.17. The first-order chi connectivity index (χ1) is 8.12. The summed E-state index contributed by atoms with van der Waals surface area (Å²) in [5.41, 5.74) is -0.365. The van der Waals surface area contributed by atoms with E-state index in [2.05, 4.69) is 5.32 Å². The molecular formula is C11H23ClN2O3S. The Morgan fingerprint density at radius 3 is 2.28 bits per heavy atom. The van der Waals surface area contributed by atoms with Gasteiger partial charge in [-0.1, -0.05) is 6.92 Å². The molecule has 0 unspecified atom stereocenters. The first-order valence-corrected chi connectivity index (χ1v) is 8.11. The summed E-state index contributed by atoms with van der Waals surface area (Å²) in [6.07, 6.45) is 0.390. The van der Waals surface area contributed by atoms with Gasteiger partial charge in [-0.3, -0.25) is 4.79 Å². The maximum Gasteiger partial charge on any atom is 0.235 e. The zero-order valence-electron chi connectivity index (χ0n) is 11.5. The van der Waals surface area contributed by atoms with E-state index in [9.17, 15) is 13.2 Å². The minimum Gasteiger partial charge on any atom is -0.350 e. The molecule has 0 rings (SSSR count). The fraction of sp³-hybridized carbons (Fsp3) is 0.909. The second-order valence-corrected chi connectivity index (χ2v) is 7.55. The Labute approximate surface area is 115 Å². The van der Waals surface area contributed by atoms with Gasteiger partial charge in [0.15, 0.2) is 0 Å². The Morgan fingerprint density at radius 2 is 1.89 bits per heavy atom. The number of nitrogens with one attached hydrogen (secondary N) is 1. The lowest BCUT2D eigenvalue weighted by Crippen LogP contribution is -2.47. The second-order valence-electron chi connectivity index (χ2n) is 5.08. The van der Waals surface area contributed by atoms with Gasteiger partial charge in [0.1, 0.15) is 0 Å². The number of rotatable bonds is 7. The molecule has 0 aliphatic heterocycles. The van der Waals surface area contributed by atoms with Crippen molar-refractivity contribution in [2.75, 3.05) is 24.7 Å². The van der Waals surface area contributed by atoms with Gasteiger partial charge in [0, 0.05) is 18.0 Å². The lowest BCUT2D eigenvalue weighted by Gasteiger charge is -2.24. The van der Waals surface area contributed by atoms with Gasteiger partial charge in [-0.25, -0.2) is 8.42 Å². The van der Waals surface area contributed by atoms with Crippen molar-refractivity contribution >= 4 is 27.5 Å². The molecule has 108 valence electrons. The summed E-state index contributed by atoms with van der Waals surface area (Å²) in [5.74, 6) is -0.0169. The van der Waals surface area contributed by atoms with E-state index >= 15 is 0 Å². The van der Waals surface area contributed by atoms with Crippen molar-refractivity contribution in [1.82, 2.24) is 9.62 Å². The lowest BCUT2D eigenvalue weighted by atomic mass is 10.1. The third kappa shape index (κ3) is 7.18. The smallest absolute Gasteiger partial charge is 0.235 e. The van der Waals surface area contributed by atoms with Crippen molar-refractivity contribution in [3.8, 4) is 0 Å². The van der Waals surface area contributed by atoms with Crippen LogP contribution in [0.5, 0.6) is 0 Å². The van der Waals surface area contributed by atoms with Gasteiger partial charge in [0.05, 0.1) is 12.3 Å². The second kappa shape index (κ2) is 7.31. The Morgan fingerprint density at radius 1 is 1.33 bits per heavy atom. The number of sulfonamides is 1. The zero-order valence-corrected chi connectivity index (χ0v) is 13.1. The van der Waals surface area contributed by atoms with Crippen LogP contribution in [0.25, 0.3) is 0 Å². The summed E-state index contributed by atoms with van der Waals surface area (Å²) in [5, 5.41) is 2.74. The van der Waals surface area contributed by atoms with Crippen molar-refractivity contribution < 1.29 is 13.2 Å². The molecule has 1 amide bonds. The summed E-state index contributed by atoms with van der Waals surface area (Å²) >= 11 is 5.49. The monoisotopic (exact) mass is 298 g/mol. The number of nitrogens with zero attached hydrogens (tertiary/aromatic N) is 1. The van der Waals surface area contributed by atoms with Crippen LogP contribution in [-0.4, -0.2) is 48.9 Å². The van der Waals surface area contributed by atoms with Crippen molar-refractivity contribution in [2.45, 2.75) is 39.7 Å². The van der Waals surface area contributed by atoms with Crippen molar-refractivity contribution in [2.24, 2.45) is 0 Å². The average molecular weight is 299 g/mol. The SMILES string of the molecule is CCN(CC(=O)NC(C)(C)C)S(=O)(=O)CCCCl. The number of carbonyl (C=O) groups excluding carboxylic acids is 1. The number of alkyl halides is 1. The Hall–Kier alpha value is -0.330. The molecule has 0 aromatic carbocycles. The van der Waals surface area contributed by atoms with Crippen LogP contribution in [-0.2, 0) is 14.8 Å². The van der Waals surface area contributed by atoms with Gasteiger partial charge in [-0.05, 0) is 27.2 Å². The molecule has 0 aromatic rings. The normalized spacial score (nSPS) is 12.8. The summed E-state index contributed by atoms with van der Waals surface area (Å²) in [6.45, 7) is 7.40. The molecule has 7 heteroatoms. The maximum atomic E-state index is 11.9. The van der Waals surface area contributed by atoms with E-state index in [-0.39, 0.29) is 30.3 Å². The number of halogens is 1. The molecule has 18 heavy (non-hydrogen) atoms. The van der Waals surface area contributed by atoms with E-state index in [1.54, 1.807) is 6.92 Å². The molecule has 0 saturated heterocycles. The molecule has 0 spiro atoms. The van der Waals surface area contributed by atoms with Gasteiger partial charge in [0.25, 0.3) is 0 Å². The molecular weight excluding hydrogens is 276 g/mol. The van der Waals surface area contributed by atoms with E-state index in [0.29, 0.717) is 12.3 Å². The predicted octanol–water partition coefficient (Wildman–Crippen LogP) is 1.18. The highest BCUT2D eigenvalue weighted by atomic mass is 35.5. The first kappa shape index (κ1) is 17.7. The molecule has 0 bridgehead atoms. The molecule has 0 heterocycles. The van der Waals surface area contributed by atoms with E-state index in [4.69, 9.17) is 11.6 Å². The molecule has 0 atom stereocenters. The summed E-state index contributed by atoms with van der Waals surface area (Å²) in [4.78, 5) is 11.7. The highest BCUT2D eigenvalue weighted by Gasteiger charge is 2.24. The van der Waals surface area contributed by atoms with Crippen LogP contribution in [0.2, 0.25) is 0 Å². The van der Waals surface area contributed by atoms with Crippen molar-refractivity contribution in [3.05, 3.63) is 0 Å². The third-order valence-corrected chi connectivity index (χ3v) is 4.36. The highest BCUT2D eigenvalue weighted by Crippen LogP contribution is 2.05.